The molecule has 0 radical (unpaired) electrons. The van der Waals surface area contributed by atoms with Gasteiger partial charge in [0, 0.05) is 49.2 Å². The normalized spacial score (nSPS) is 15.2. The van der Waals surface area contributed by atoms with E-state index in [1.165, 1.54) is 0 Å². The molecule has 1 amide bonds. The van der Waals surface area contributed by atoms with Gasteiger partial charge in [0.2, 0.25) is 0 Å². The summed E-state index contributed by atoms with van der Waals surface area (Å²) in [4.78, 5) is 28.4. The fraction of sp³-hybridized carbons (Fsp3) is 0.526. The summed E-state index contributed by atoms with van der Waals surface area (Å²) in [6.45, 7) is 10.7. The molecule has 0 aromatic carbocycles. The molecule has 2 aromatic rings. The molecule has 1 saturated heterocycles. The summed E-state index contributed by atoms with van der Waals surface area (Å²) in [5.74, 6) is 1.48. The van der Waals surface area contributed by atoms with Crippen molar-refractivity contribution in [3.8, 4) is 5.82 Å². The van der Waals surface area contributed by atoms with Crippen LogP contribution in [0.5, 0.6) is 0 Å². The molecular formula is C19H26N4O4. The maximum atomic E-state index is 12.8. The number of carbonyl (C=O) groups excluding carboxylic acids is 2. The number of rotatable bonds is 5. The van der Waals surface area contributed by atoms with Crippen molar-refractivity contribution in [1.82, 2.24) is 19.5 Å². The van der Waals surface area contributed by atoms with Gasteiger partial charge in [-0.25, -0.2) is 4.79 Å². The zero-order valence-electron chi connectivity index (χ0n) is 16.3. The first-order valence-electron chi connectivity index (χ1n) is 9.20. The minimum atomic E-state index is -0.282. The Morgan fingerprint density at radius 2 is 1.85 bits per heavy atom. The highest BCUT2D eigenvalue weighted by atomic mass is 16.6. The number of hydrogen-bond donors (Lipinski definition) is 0. The second-order valence-corrected chi connectivity index (χ2v) is 6.80. The summed E-state index contributed by atoms with van der Waals surface area (Å²) < 4.78 is 12.1. The summed E-state index contributed by atoms with van der Waals surface area (Å²) >= 11 is 0. The molecule has 1 fully saturated rings. The summed E-state index contributed by atoms with van der Waals surface area (Å²) in [5.41, 5.74) is 2.49. The van der Waals surface area contributed by atoms with Gasteiger partial charge < -0.3 is 14.2 Å². The second kappa shape index (κ2) is 7.96. The minimum Gasteiger partial charge on any atom is -0.450 e. The third-order valence-corrected chi connectivity index (χ3v) is 4.84. The lowest BCUT2D eigenvalue weighted by Gasteiger charge is -2.33. The van der Waals surface area contributed by atoms with Gasteiger partial charge in [-0.2, -0.15) is 0 Å². The molecule has 0 aliphatic carbocycles. The van der Waals surface area contributed by atoms with Gasteiger partial charge in [0.1, 0.15) is 5.76 Å². The maximum Gasteiger partial charge on any atom is 0.409 e. The molecule has 3 heterocycles. The van der Waals surface area contributed by atoms with Crippen LogP contribution in [-0.4, -0.2) is 70.7 Å². The molecule has 27 heavy (non-hydrogen) atoms. The average Bonchev–Trinajstić information content (AvgIpc) is 3.18. The van der Waals surface area contributed by atoms with E-state index in [1.807, 2.05) is 37.5 Å². The van der Waals surface area contributed by atoms with Crippen molar-refractivity contribution in [2.24, 2.45) is 0 Å². The van der Waals surface area contributed by atoms with Gasteiger partial charge in [0.05, 0.1) is 13.2 Å². The maximum absolute atomic E-state index is 12.8. The molecule has 0 unspecified atom stereocenters. The number of aromatic nitrogens is 2. The Morgan fingerprint density at radius 1 is 1.15 bits per heavy atom. The third kappa shape index (κ3) is 4.05. The Morgan fingerprint density at radius 3 is 2.44 bits per heavy atom. The number of ether oxygens (including phenoxy) is 1. The van der Waals surface area contributed by atoms with E-state index < -0.39 is 0 Å². The molecule has 0 N–H and O–H groups in total. The smallest absolute Gasteiger partial charge is 0.409 e. The first-order chi connectivity index (χ1) is 12.9. The van der Waals surface area contributed by atoms with Crippen molar-refractivity contribution in [2.45, 2.75) is 27.7 Å². The van der Waals surface area contributed by atoms with E-state index in [9.17, 15) is 9.59 Å². The van der Waals surface area contributed by atoms with Crippen LogP contribution in [0.1, 0.15) is 34.4 Å². The highest BCUT2D eigenvalue weighted by molar-refractivity contribution is 5.99. The van der Waals surface area contributed by atoms with E-state index in [0.29, 0.717) is 50.7 Å². The van der Waals surface area contributed by atoms with Crippen LogP contribution in [0.3, 0.4) is 0 Å². The lowest BCUT2D eigenvalue weighted by molar-refractivity contribution is 0.0733. The number of nitrogens with zero attached hydrogens (tertiary/aromatic N) is 4. The van der Waals surface area contributed by atoms with Gasteiger partial charge in [0.25, 0.3) is 0 Å². The molecule has 0 bridgehead atoms. The van der Waals surface area contributed by atoms with E-state index in [4.69, 9.17) is 9.26 Å². The monoisotopic (exact) mass is 374 g/mol. The largest absolute Gasteiger partial charge is 0.450 e. The quantitative estimate of drug-likeness (QED) is 0.748. The standard InChI is InChI=1S/C19H26N4O4/c1-5-26-19(25)22-8-6-21(7-9-22)12-17(24)16-10-13(2)23(15(16)4)18-11-14(3)27-20-18/h10-11H,5-9,12H2,1-4H3. The molecular weight excluding hydrogens is 348 g/mol. The predicted octanol–water partition coefficient (Wildman–Crippen LogP) is 2.35. The summed E-state index contributed by atoms with van der Waals surface area (Å²) in [6, 6.07) is 3.75. The Bertz CT molecular complexity index is 831. The number of piperazine rings is 1. The van der Waals surface area contributed by atoms with Crippen molar-refractivity contribution < 1.29 is 18.8 Å². The fourth-order valence-electron chi connectivity index (χ4n) is 3.45. The van der Waals surface area contributed by atoms with Crippen LogP contribution in [0.4, 0.5) is 4.79 Å². The van der Waals surface area contributed by atoms with Crippen LogP contribution in [-0.2, 0) is 4.74 Å². The molecule has 0 spiro atoms. The highest BCUT2D eigenvalue weighted by Gasteiger charge is 2.25. The van der Waals surface area contributed by atoms with Crippen LogP contribution < -0.4 is 0 Å². The number of ketones is 1. The Labute approximate surface area is 158 Å². The number of carbonyl (C=O) groups is 2. The van der Waals surface area contributed by atoms with Gasteiger partial charge in [-0.1, -0.05) is 5.16 Å². The molecule has 3 rings (SSSR count). The van der Waals surface area contributed by atoms with E-state index in [0.717, 1.165) is 17.1 Å². The van der Waals surface area contributed by atoms with E-state index in [-0.39, 0.29) is 11.9 Å². The summed E-state index contributed by atoms with van der Waals surface area (Å²) in [7, 11) is 0. The topological polar surface area (TPSA) is 80.8 Å². The molecule has 0 atom stereocenters. The first-order valence-corrected chi connectivity index (χ1v) is 9.20. The predicted molar refractivity (Wildman–Crippen MR) is 99.4 cm³/mol. The molecule has 2 aromatic heterocycles. The number of Topliss-reactive ketones (excluding diaryl/α,β-unsaturated/α-hetero) is 1. The van der Waals surface area contributed by atoms with Crippen LogP contribution in [0, 0.1) is 20.8 Å². The zero-order valence-corrected chi connectivity index (χ0v) is 16.3. The molecule has 1 aliphatic heterocycles. The van der Waals surface area contributed by atoms with Gasteiger partial charge in [-0.3, -0.25) is 14.3 Å². The molecule has 146 valence electrons. The van der Waals surface area contributed by atoms with Gasteiger partial charge in [-0.15, -0.1) is 0 Å². The second-order valence-electron chi connectivity index (χ2n) is 6.80. The molecule has 0 saturated carbocycles. The number of hydrogen-bond acceptors (Lipinski definition) is 6. The molecule has 1 aliphatic rings. The zero-order chi connectivity index (χ0) is 19.6. The Kier molecular flexibility index (Phi) is 5.65. The highest BCUT2D eigenvalue weighted by Crippen LogP contribution is 2.21. The van der Waals surface area contributed by atoms with Crippen molar-refractivity contribution in [1.29, 1.82) is 0 Å². The van der Waals surface area contributed by atoms with Crippen molar-refractivity contribution in [3.63, 3.8) is 0 Å². The van der Waals surface area contributed by atoms with Crippen LogP contribution in [0.15, 0.2) is 16.7 Å². The third-order valence-electron chi connectivity index (χ3n) is 4.84. The minimum absolute atomic E-state index is 0.0687. The lowest BCUT2D eigenvalue weighted by atomic mass is 10.1. The van der Waals surface area contributed by atoms with Crippen molar-refractivity contribution in [3.05, 3.63) is 34.8 Å². The SMILES string of the molecule is CCOC(=O)N1CCN(CC(=O)c2cc(C)n(-c3cc(C)on3)c2C)CC1. The first kappa shape index (κ1) is 19.2. The molecule has 8 nitrogen and oxygen atoms in total. The van der Waals surface area contributed by atoms with E-state index in [1.54, 1.807) is 11.8 Å². The van der Waals surface area contributed by atoms with Gasteiger partial charge in [0.15, 0.2) is 11.6 Å². The van der Waals surface area contributed by atoms with Crippen LogP contribution >= 0.6 is 0 Å². The summed E-state index contributed by atoms with van der Waals surface area (Å²) in [5, 5.41) is 4.05. The Balaban J connectivity index is 1.65. The van der Waals surface area contributed by atoms with Gasteiger partial charge in [-0.05, 0) is 33.8 Å². The van der Waals surface area contributed by atoms with Crippen molar-refractivity contribution >= 4 is 11.9 Å². The fourth-order valence-corrected chi connectivity index (χ4v) is 3.45. The lowest BCUT2D eigenvalue weighted by Crippen LogP contribution is -2.50. The number of amides is 1. The molecule has 8 heteroatoms. The number of aryl methyl sites for hydroxylation is 2. The van der Waals surface area contributed by atoms with Gasteiger partial charge >= 0.3 is 6.09 Å². The van der Waals surface area contributed by atoms with Crippen molar-refractivity contribution in [2.75, 3.05) is 39.3 Å². The van der Waals surface area contributed by atoms with E-state index in [2.05, 4.69) is 10.1 Å². The average molecular weight is 374 g/mol. The van der Waals surface area contributed by atoms with Crippen LogP contribution in [0.2, 0.25) is 0 Å². The van der Waals surface area contributed by atoms with Crippen LogP contribution in [0.25, 0.3) is 5.82 Å². The Hall–Kier alpha value is -2.61. The van der Waals surface area contributed by atoms with E-state index >= 15 is 0 Å². The summed E-state index contributed by atoms with van der Waals surface area (Å²) in [6.07, 6.45) is -0.282.